The molecule has 0 atom stereocenters. The number of hydrogen-bond acceptors (Lipinski definition) is 7. The summed E-state index contributed by atoms with van der Waals surface area (Å²) in [4.78, 5) is 27.9. The number of anilines is 2. The molecule has 0 unspecified atom stereocenters. The molecule has 3 N–H and O–H groups in total. The van der Waals surface area contributed by atoms with Crippen molar-refractivity contribution in [3.8, 4) is 17.0 Å². The normalized spacial score (nSPS) is 13.9. The SMILES string of the molecule is NCOc1ccc(-c2cnc3c(Nc4ccc(C(=O)N5CCC(c6ccncc6)CC5)c(Cl)c4)nccn23)c(F)c1F. The first-order valence-corrected chi connectivity index (χ1v) is 13.7. The Morgan fingerprint density at radius 2 is 1.83 bits per heavy atom. The molecule has 1 saturated heterocycles. The molecule has 5 aromatic rings. The van der Waals surface area contributed by atoms with E-state index in [1.807, 2.05) is 17.0 Å². The summed E-state index contributed by atoms with van der Waals surface area (Å²) in [6.07, 6.45) is 9.86. The van der Waals surface area contributed by atoms with Crippen molar-refractivity contribution in [2.24, 2.45) is 5.73 Å². The van der Waals surface area contributed by atoms with Crippen LogP contribution in [0.15, 0.2) is 73.4 Å². The molecular weight excluding hydrogens is 564 g/mol. The van der Waals surface area contributed by atoms with Crippen molar-refractivity contribution in [3.05, 3.63) is 101 Å². The maximum Gasteiger partial charge on any atom is 0.255 e. The highest BCUT2D eigenvalue weighted by Crippen LogP contribution is 2.33. The van der Waals surface area contributed by atoms with E-state index in [2.05, 4.69) is 20.3 Å². The topological polar surface area (TPSA) is 111 Å². The minimum Gasteiger partial charge on any atom is -0.475 e. The van der Waals surface area contributed by atoms with Crippen molar-refractivity contribution in [2.45, 2.75) is 18.8 Å². The van der Waals surface area contributed by atoms with Gasteiger partial charge in [-0.1, -0.05) is 11.6 Å². The number of rotatable bonds is 7. The third-order valence-electron chi connectivity index (χ3n) is 7.41. The first kappa shape index (κ1) is 27.6. The van der Waals surface area contributed by atoms with Crippen LogP contribution in [0.3, 0.4) is 0 Å². The van der Waals surface area contributed by atoms with E-state index < -0.39 is 11.6 Å². The maximum absolute atomic E-state index is 14.9. The second-order valence-electron chi connectivity index (χ2n) is 9.83. The van der Waals surface area contributed by atoms with Crippen LogP contribution in [0.5, 0.6) is 5.75 Å². The molecule has 1 aliphatic rings. The standard InChI is InChI=1S/C30H26ClF2N7O2/c31-23-15-20(1-2-21(23)30(41)39-12-7-19(8-13-39)18-5-9-35-10-6-18)38-28-29-37-16-24(40(29)14-11-36-28)22-3-4-25(42-17-34)27(33)26(22)32/h1-6,9-11,14-16,19H,7-8,12-13,17,34H2,(H,36,38). The number of likely N-dealkylation sites (tertiary alicyclic amines) is 1. The van der Waals surface area contributed by atoms with Gasteiger partial charge < -0.3 is 15.0 Å². The predicted molar refractivity (Wildman–Crippen MR) is 155 cm³/mol. The summed E-state index contributed by atoms with van der Waals surface area (Å²) < 4.78 is 35.9. The predicted octanol–water partition coefficient (Wildman–Crippen LogP) is 5.78. The molecule has 1 aliphatic heterocycles. The Morgan fingerprint density at radius 1 is 1.05 bits per heavy atom. The summed E-state index contributed by atoms with van der Waals surface area (Å²) in [7, 11) is 0. The molecule has 0 radical (unpaired) electrons. The van der Waals surface area contributed by atoms with E-state index in [-0.39, 0.29) is 24.0 Å². The fraction of sp³-hybridized carbons (Fsp3) is 0.200. The van der Waals surface area contributed by atoms with Gasteiger partial charge in [0.05, 0.1) is 22.5 Å². The van der Waals surface area contributed by atoms with E-state index in [9.17, 15) is 13.6 Å². The van der Waals surface area contributed by atoms with E-state index in [4.69, 9.17) is 22.1 Å². The van der Waals surface area contributed by atoms with E-state index in [0.29, 0.717) is 52.4 Å². The summed E-state index contributed by atoms with van der Waals surface area (Å²) in [6.45, 7) is 1.00. The van der Waals surface area contributed by atoms with Gasteiger partial charge in [0, 0.05) is 49.1 Å². The van der Waals surface area contributed by atoms with Crippen LogP contribution in [0.4, 0.5) is 20.3 Å². The van der Waals surface area contributed by atoms with Gasteiger partial charge in [0.25, 0.3) is 5.91 Å². The van der Waals surface area contributed by atoms with Gasteiger partial charge in [-0.3, -0.25) is 19.9 Å². The number of carbonyl (C=O) groups is 1. The van der Waals surface area contributed by atoms with E-state index in [1.165, 1.54) is 30.1 Å². The maximum atomic E-state index is 14.9. The molecule has 9 nitrogen and oxygen atoms in total. The Labute approximate surface area is 244 Å². The number of aromatic nitrogens is 4. The third-order valence-corrected chi connectivity index (χ3v) is 7.72. The van der Waals surface area contributed by atoms with Gasteiger partial charge in [-0.15, -0.1) is 0 Å². The number of fused-ring (bicyclic) bond motifs is 1. The van der Waals surface area contributed by atoms with Crippen LogP contribution in [-0.2, 0) is 0 Å². The molecule has 1 amide bonds. The molecule has 0 saturated carbocycles. The van der Waals surface area contributed by atoms with Gasteiger partial charge in [0.15, 0.2) is 23.0 Å². The Bertz CT molecular complexity index is 1760. The van der Waals surface area contributed by atoms with Crippen molar-refractivity contribution in [1.82, 2.24) is 24.3 Å². The summed E-state index contributed by atoms with van der Waals surface area (Å²) in [5.41, 5.74) is 8.22. The number of nitrogens with one attached hydrogen (secondary N) is 1. The van der Waals surface area contributed by atoms with E-state index >= 15 is 0 Å². The number of hydrogen-bond donors (Lipinski definition) is 2. The van der Waals surface area contributed by atoms with Crippen LogP contribution in [0, 0.1) is 11.6 Å². The number of carbonyl (C=O) groups excluding carboxylic acids is 1. The van der Waals surface area contributed by atoms with Gasteiger partial charge in [-0.25, -0.2) is 14.4 Å². The third kappa shape index (κ3) is 5.24. The Kier molecular flexibility index (Phi) is 7.68. The first-order valence-electron chi connectivity index (χ1n) is 13.3. The van der Waals surface area contributed by atoms with Crippen LogP contribution < -0.4 is 15.8 Å². The lowest BCUT2D eigenvalue weighted by atomic mass is 9.90. The highest BCUT2D eigenvalue weighted by molar-refractivity contribution is 6.34. The van der Waals surface area contributed by atoms with Crippen LogP contribution in [0.25, 0.3) is 16.9 Å². The van der Waals surface area contributed by atoms with Crippen LogP contribution >= 0.6 is 11.6 Å². The van der Waals surface area contributed by atoms with Crippen molar-refractivity contribution in [2.75, 3.05) is 25.1 Å². The number of nitrogens with two attached hydrogens (primary N) is 1. The molecule has 0 bridgehead atoms. The average Bonchev–Trinajstić information content (AvgIpc) is 3.45. The fourth-order valence-electron chi connectivity index (χ4n) is 5.26. The number of pyridine rings is 1. The lowest BCUT2D eigenvalue weighted by Gasteiger charge is -2.32. The van der Waals surface area contributed by atoms with Crippen LogP contribution in [0.2, 0.25) is 5.02 Å². The van der Waals surface area contributed by atoms with Crippen LogP contribution in [-0.4, -0.2) is 50.0 Å². The molecule has 0 spiro atoms. The highest BCUT2D eigenvalue weighted by atomic mass is 35.5. The lowest BCUT2D eigenvalue weighted by molar-refractivity contribution is 0.0713. The molecule has 214 valence electrons. The smallest absolute Gasteiger partial charge is 0.255 e. The molecular formula is C30H26ClF2N7O2. The molecule has 6 rings (SSSR count). The van der Waals surface area contributed by atoms with Crippen molar-refractivity contribution in [3.63, 3.8) is 0 Å². The number of piperidine rings is 1. The van der Waals surface area contributed by atoms with Gasteiger partial charge in [0.1, 0.15) is 6.73 Å². The zero-order chi connectivity index (χ0) is 29.2. The number of nitrogens with zero attached hydrogens (tertiary/aromatic N) is 5. The number of imidazole rings is 1. The minimum atomic E-state index is -1.14. The van der Waals surface area contributed by atoms with Crippen molar-refractivity contribution >= 4 is 34.7 Å². The molecule has 4 heterocycles. The molecule has 0 aliphatic carbocycles. The highest BCUT2D eigenvalue weighted by Gasteiger charge is 2.26. The summed E-state index contributed by atoms with van der Waals surface area (Å²) in [5.74, 6) is -1.84. The molecule has 12 heteroatoms. The molecule has 3 aromatic heterocycles. The number of amides is 1. The fourth-order valence-corrected chi connectivity index (χ4v) is 5.52. The largest absolute Gasteiger partial charge is 0.475 e. The first-order chi connectivity index (χ1) is 20.4. The summed E-state index contributed by atoms with van der Waals surface area (Å²) >= 11 is 6.57. The van der Waals surface area contributed by atoms with Gasteiger partial charge in [0.2, 0.25) is 5.82 Å². The zero-order valence-corrected chi connectivity index (χ0v) is 23.1. The van der Waals surface area contributed by atoms with Gasteiger partial charge in [-0.05, 0) is 66.8 Å². The minimum absolute atomic E-state index is 0.00255. The van der Waals surface area contributed by atoms with Crippen molar-refractivity contribution in [1.29, 1.82) is 0 Å². The molecule has 2 aromatic carbocycles. The summed E-state index contributed by atoms with van der Waals surface area (Å²) in [5, 5.41) is 3.46. The molecule has 42 heavy (non-hydrogen) atoms. The second kappa shape index (κ2) is 11.7. The molecule has 1 fully saturated rings. The number of ether oxygens (including phenoxy) is 1. The van der Waals surface area contributed by atoms with Crippen molar-refractivity contribution < 1.29 is 18.3 Å². The zero-order valence-electron chi connectivity index (χ0n) is 22.3. The van der Waals surface area contributed by atoms with Crippen LogP contribution in [0.1, 0.15) is 34.7 Å². The Morgan fingerprint density at radius 3 is 2.57 bits per heavy atom. The van der Waals surface area contributed by atoms with Gasteiger partial charge >= 0.3 is 0 Å². The van der Waals surface area contributed by atoms with E-state index in [1.54, 1.807) is 41.2 Å². The Balaban J connectivity index is 1.19. The number of halogens is 3. The monoisotopic (exact) mass is 589 g/mol. The quantitative estimate of drug-likeness (QED) is 0.231. The second-order valence-corrected chi connectivity index (χ2v) is 10.2. The summed E-state index contributed by atoms with van der Waals surface area (Å²) in [6, 6.07) is 11.8. The average molecular weight is 590 g/mol. The lowest BCUT2D eigenvalue weighted by Crippen LogP contribution is -2.38. The van der Waals surface area contributed by atoms with E-state index in [0.717, 1.165) is 12.8 Å². The van der Waals surface area contributed by atoms with Gasteiger partial charge in [-0.2, -0.15) is 4.39 Å². The number of benzene rings is 2. The Hall–Kier alpha value is -4.61.